The molecule has 2 N–H and O–H groups in total. The molecule has 1 fully saturated rings. The Labute approximate surface area is 116 Å². The zero-order chi connectivity index (χ0) is 13.4. The number of anilines is 1. The fraction of sp³-hybridized carbons (Fsp3) is 0.333. The number of hydrogen-bond donors (Lipinski definition) is 2. The van der Waals surface area contributed by atoms with Crippen molar-refractivity contribution in [1.29, 1.82) is 0 Å². The van der Waals surface area contributed by atoms with Gasteiger partial charge in [0.05, 0.1) is 21.6 Å². The number of benzene rings is 1. The molecule has 1 amide bonds. The molecule has 5 nitrogen and oxygen atoms in total. The highest BCUT2D eigenvalue weighted by molar-refractivity contribution is 9.10. The lowest BCUT2D eigenvalue weighted by Gasteiger charge is -2.01. The van der Waals surface area contributed by atoms with Crippen LogP contribution in [0.3, 0.4) is 0 Å². The highest BCUT2D eigenvalue weighted by atomic mass is 79.9. The summed E-state index contributed by atoms with van der Waals surface area (Å²) >= 11 is 3.09. The van der Waals surface area contributed by atoms with Crippen molar-refractivity contribution < 1.29 is 13.9 Å². The summed E-state index contributed by atoms with van der Waals surface area (Å²) in [6, 6.07) is 2.88. The molecule has 1 aromatic carbocycles. The molecule has 7 heteroatoms. The molecule has 0 saturated heterocycles. The second kappa shape index (κ2) is 4.90. The third kappa shape index (κ3) is 2.93. The van der Waals surface area contributed by atoms with E-state index in [1.165, 1.54) is 6.07 Å². The van der Waals surface area contributed by atoms with Crippen LogP contribution in [0.5, 0.6) is 0 Å². The molecule has 19 heavy (non-hydrogen) atoms. The number of hydrogen-bond acceptors (Lipinski definition) is 3. The van der Waals surface area contributed by atoms with Crippen LogP contribution in [0, 0.1) is 5.82 Å². The molecule has 100 valence electrons. The summed E-state index contributed by atoms with van der Waals surface area (Å²) in [4.78, 5) is 18.6. The summed E-state index contributed by atoms with van der Waals surface area (Å²) in [5.41, 5.74) is 1.10. The minimum atomic E-state index is -0.383. The first-order valence-electron chi connectivity index (χ1n) is 5.88. The summed E-state index contributed by atoms with van der Waals surface area (Å²) in [7, 11) is 0. The van der Waals surface area contributed by atoms with Crippen molar-refractivity contribution in [1.82, 2.24) is 9.97 Å². The fourth-order valence-corrected chi connectivity index (χ4v) is 1.99. The lowest BCUT2D eigenvalue weighted by atomic mass is 10.3. The van der Waals surface area contributed by atoms with Gasteiger partial charge in [0.1, 0.15) is 12.4 Å². The van der Waals surface area contributed by atoms with E-state index < -0.39 is 0 Å². The average Bonchev–Trinajstić information content (AvgIpc) is 3.10. The quantitative estimate of drug-likeness (QED) is 0.907. The number of amides is 1. The van der Waals surface area contributed by atoms with Gasteiger partial charge in [-0.3, -0.25) is 10.1 Å². The molecule has 0 aliphatic heterocycles. The number of carbonyl (C=O) groups excluding carboxylic acids is 1. The van der Waals surface area contributed by atoms with Gasteiger partial charge < -0.3 is 9.72 Å². The van der Waals surface area contributed by atoms with E-state index in [4.69, 9.17) is 4.74 Å². The molecule has 1 heterocycles. The van der Waals surface area contributed by atoms with Gasteiger partial charge >= 0.3 is 0 Å². The number of halogens is 2. The van der Waals surface area contributed by atoms with Crippen molar-refractivity contribution in [2.24, 2.45) is 0 Å². The standard InChI is InChI=1S/C12H11BrFN3O2/c13-7-3-9-10(4-8(7)14)16-12(15-9)17-11(18)5-19-6-1-2-6/h3-4,6H,1-2,5H2,(H2,15,16,17,18). The molecule has 1 saturated carbocycles. The van der Waals surface area contributed by atoms with Gasteiger partial charge in [-0.05, 0) is 34.8 Å². The average molecular weight is 328 g/mol. The number of ether oxygens (including phenoxy) is 1. The summed E-state index contributed by atoms with van der Waals surface area (Å²) < 4.78 is 18.9. The van der Waals surface area contributed by atoms with Crippen molar-refractivity contribution in [3.63, 3.8) is 0 Å². The highest BCUT2D eigenvalue weighted by Crippen LogP contribution is 2.24. The molecule has 0 atom stereocenters. The lowest BCUT2D eigenvalue weighted by molar-refractivity contribution is -0.121. The van der Waals surface area contributed by atoms with E-state index in [0.29, 0.717) is 15.5 Å². The molecular formula is C12H11BrFN3O2. The normalized spacial score (nSPS) is 14.8. The molecule has 1 aliphatic rings. The number of aromatic nitrogens is 2. The number of H-pyrrole nitrogens is 1. The molecule has 0 unspecified atom stereocenters. The third-order valence-corrected chi connectivity index (χ3v) is 3.36. The summed E-state index contributed by atoms with van der Waals surface area (Å²) in [6.45, 7) is 0.0137. The summed E-state index contributed by atoms with van der Waals surface area (Å²) in [5.74, 6) is -0.367. The largest absolute Gasteiger partial charge is 0.368 e. The van der Waals surface area contributed by atoms with Crippen molar-refractivity contribution in [3.8, 4) is 0 Å². The van der Waals surface area contributed by atoms with Crippen LogP contribution in [0.15, 0.2) is 16.6 Å². The first-order valence-corrected chi connectivity index (χ1v) is 6.67. The molecule has 0 spiro atoms. The minimum absolute atomic E-state index is 0.0137. The lowest BCUT2D eigenvalue weighted by Crippen LogP contribution is -2.19. The molecule has 1 aliphatic carbocycles. The van der Waals surface area contributed by atoms with Gasteiger partial charge in [-0.2, -0.15) is 0 Å². The van der Waals surface area contributed by atoms with Crippen LogP contribution in [-0.4, -0.2) is 28.6 Å². The molecule has 3 rings (SSSR count). The summed E-state index contributed by atoms with van der Waals surface area (Å²) in [6.07, 6.45) is 2.27. The predicted octanol–water partition coefficient (Wildman–Crippen LogP) is 2.58. The van der Waals surface area contributed by atoms with Gasteiger partial charge in [0, 0.05) is 6.07 Å². The van der Waals surface area contributed by atoms with Crippen LogP contribution in [0.1, 0.15) is 12.8 Å². The van der Waals surface area contributed by atoms with Gasteiger partial charge in [0.25, 0.3) is 5.91 Å². The Kier molecular flexibility index (Phi) is 3.24. The van der Waals surface area contributed by atoms with Gasteiger partial charge in [-0.25, -0.2) is 9.37 Å². The maximum absolute atomic E-state index is 13.3. The van der Waals surface area contributed by atoms with Crippen molar-refractivity contribution in [2.75, 3.05) is 11.9 Å². The molecule has 0 radical (unpaired) electrons. The Hall–Kier alpha value is -1.47. The van der Waals surface area contributed by atoms with Gasteiger partial charge in [-0.1, -0.05) is 0 Å². The topological polar surface area (TPSA) is 67.0 Å². The van der Waals surface area contributed by atoms with Crippen LogP contribution in [0.2, 0.25) is 0 Å². The Morgan fingerprint density at radius 3 is 3.11 bits per heavy atom. The molecule has 1 aromatic heterocycles. The third-order valence-electron chi connectivity index (χ3n) is 2.76. The number of rotatable bonds is 4. The maximum atomic E-state index is 13.3. The SMILES string of the molecule is O=C(COC1CC1)Nc1nc2cc(Br)c(F)cc2[nH]1. The monoisotopic (exact) mass is 327 g/mol. The first kappa shape index (κ1) is 12.6. The van der Waals surface area contributed by atoms with Crippen molar-refractivity contribution >= 4 is 38.8 Å². The number of carbonyl (C=O) groups is 1. The van der Waals surface area contributed by atoms with Gasteiger partial charge in [0.15, 0.2) is 0 Å². The zero-order valence-electron chi connectivity index (χ0n) is 9.87. The van der Waals surface area contributed by atoms with Crippen LogP contribution in [-0.2, 0) is 9.53 Å². The number of nitrogens with one attached hydrogen (secondary N) is 2. The fourth-order valence-electron chi connectivity index (χ4n) is 1.66. The van der Waals surface area contributed by atoms with Crippen molar-refractivity contribution in [3.05, 3.63) is 22.4 Å². The smallest absolute Gasteiger partial charge is 0.252 e. The van der Waals surface area contributed by atoms with Gasteiger partial charge in [0.2, 0.25) is 5.95 Å². The van der Waals surface area contributed by atoms with E-state index in [-0.39, 0.29) is 30.4 Å². The van der Waals surface area contributed by atoms with E-state index in [1.807, 2.05) is 0 Å². The predicted molar refractivity (Wildman–Crippen MR) is 71.4 cm³/mol. The minimum Gasteiger partial charge on any atom is -0.368 e. The summed E-state index contributed by atoms with van der Waals surface area (Å²) in [5, 5.41) is 2.59. The maximum Gasteiger partial charge on any atom is 0.252 e. The van der Waals surface area contributed by atoms with E-state index in [2.05, 4.69) is 31.2 Å². The first-order chi connectivity index (χ1) is 9.11. The number of aromatic amines is 1. The van der Waals surface area contributed by atoms with E-state index in [0.717, 1.165) is 12.8 Å². The number of imidazole rings is 1. The Morgan fingerprint density at radius 1 is 1.58 bits per heavy atom. The molecular weight excluding hydrogens is 317 g/mol. The second-order valence-corrected chi connectivity index (χ2v) is 5.28. The molecule has 2 aromatic rings. The zero-order valence-corrected chi connectivity index (χ0v) is 11.5. The van der Waals surface area contributed by atoms with Crippen LogP contribution < -0.4 is 5.32 Å². The number of fused-ring (bicyclic) bond motifs is 1. The van der Waals surface area contributed by atoms with Crippen LogP contribution in [0.4, 0.5) is 10.3 Å². The van der Waals surface area contributed by atoms with E-state index >= 15 is 0 Å². The van der Waals surface area contributed by atoms with Crippen LogP contribution >= 0.6 is 15.9 Å². The highest BCUT2D eigenvalue weighted by Gasteiger charge is 2.23. The number of nitrogens with zero attached hydrogens (tertiary/aromatic N) is 1. The van der Waals surface area contributed by atoms with Gasteiger partial charge in [-0.15, -0.1) is 0 Å². The van der Waals surface area contributed by atoms with E-state index in [1.54, 1.807) is 6.07 Å². The Morgan fingerprint density at radius 2 is 2.37 bits per heavy atom. The molecule has 0 bridgehead atoms. The van der Waals surface area contributed by atoms with E-state index in [9.17, 15) is 9.18 Å². The van der Waals surface area contributed by atoms with Crippen LogP contribution in [0.25, 0.3) is 11.0 Å². The second-order valence-electron chi connectivity index (χ2n) is 4.43. The Balaban J connectivity index is 1.71. The Bertz CT molecular complexity index is 600. The van der Waals surface area contributed by atoms with Crippen molar-refractivity contribution in [2.45, 2.75) is 18.9 Å².